The van der Waals surface area contributed by atoms with Gasteiger partial charge in [0.25, 0.3) is 5.91 Å². The first-order valence-corrected chi connectivity index (χ1v) is 10.3. The number of carbonyl (C=O) groups excluding carboxylic acids is 1. The molecule has 0 saturated carbocycles. The SMILES string of the molecule is C=CCSC(C)C(=NOC)C(=O)N(COCC)c1cn(-c2cccnc2)nc1Cl. The van der Waals surface area contributed by atoms with Gasteiger partial charge in [0.15, 0.2) is 10.9 Å². The molecule has 0 bridgehead atoms. The minimum absolute atomic E-state index is 0.00460. The van der Waals surface area contributed by atoms with Crippen LogP contribution in [0.5, 0.6) is 0 Å². The average molecular weight is 438 g/mol. The Kier molecular flexibility index (Phi) is 9.17. The number of anilines is 1. The van der Waals surface area contributed by atoms with Crippen molar-refractivity contribution in [3.8, 4) is 5.69 Å². The second-order valence-corrected chi connectivity index (χ2v) is 7.47. The summed E-state index contributed by atoms with van der Waals surface area (Å²) >= 11 is 7.88. The van der Waals surface area contributed by atoms with Crippen molar-refractivity contribution in [2.24, 2.45) is 5.16 Å². The number of hydrogen-bond acceptors (Lipinski definition) is 7. The van der Waals surface area contributed by atoms with Crippen molar-refractivity contribution < 1.29 is 14.4 Å². The summed E-state index contributed by atoms with van der Waals surface area (Å²) in [6.45, 7) is 7.85. The van der Waals surface area contributed by atoms with Gasteiger partial charge in [0.2, 0.25) is 0 Å². The maximum Gasteiger partial charge on any atom is 0.279 e. The molecule has 0 N–H and O–H groups in total. The number of hydrogen-bond donors (Lipinski definition) is 0. The largest absolute Gasteiger partial charge is 0.399 e. The molecule has 1 unspecified atom stereocenters. The number of ether oxygens (including phenoxy) is 1. The van der Waals surface area contributed by atoms with Crippen LogP contribution < -0.4 is 4.90 Å². The topological polar surface area (TPSA) is 81.8 Å². The molecule has 0 saturated heterocycles. The van der Waals surface area contributed by atoms with E-state index in [1.54, 1.807) is 35.4 Å². The maximum absolute atomic E-state index is 13.3. The first-order chi connectivity index (χ1) is 14.0. The summed E-state index contributed by atoms with van der Waals surface area (Å²) in [6, 6.07) is 3.62. The van der Waals surface area contributed by atoms with Crippen LogP contribution in [0, 0.1) is 0 Å². The highest BCUT2D eigenvalue weighted by molar-refractivity contribution is 8.00. The van der Waals surface area contributed by atoms with Gasteiger partial charge in [-0.1, -0.05) is 22.8 Å². The van der Waals surface area contributed by atoms with E-state index in [2.05, 4.69) is 21.8 Å². The molecule has 2 aromatic rings. The summed E-state index contributed by atoms with van der Waals surface area (Å²) in [5.41, 5.74) is 1.35. The van der Waals surface area contributed by atoms with Crippen molar-refractivity contribution in [3.63, 3.8) is 0 Å². The number of amides is 1. The number of pyridine rings is 1. The first kappa shape index (κ1) is 22.9. The van der Waals surface area contributed by atoms with Gasteiger partial charge < -0.3 is 9.57 Å². The van der Waals surface area contributed by atoms with Crippen LogP contribution in [0.25, 0.3) is 5.69 Å². The Hall–Kier alpha value is -2.36. The second kappa shape index (κ2) is 11.6. The lowest BCUT2D eigenvalue weighted by Gasteiger charge is -2.23. The molecule has 1 atom stereocenters. The number of rotatable bonds is 11. The molecular weight excluding hydrogens is 414 g/mol. The van der Waals surface area contributed by atoms with Gasteiger partial charge in [-0.15, -0.1) is 18.3 Å². The Morgan fingerprint density at radius 2 is 2.34 bits per heavy atom. The molecule has 0 fully saturated rings. The Morgan fingerprint density at radius 1 is 1.55 bits per heavy atom. The third-order valence-electron chi connectivity index (χ3n) is 3.78. The summed E-state index contributed by atoms with van der Waals surface area (Å²) in [5.74, 6) is 0.291. The van der Waals surface area contributed by atoms with Crippen LogP contribution >= 0.6 is 23.4 Å². The van der Waals surface area contributed by atoms with Crippen LogP contribution in [0.2, 0.25) is 5.15 Å². The van der Waals surface area contributed by atoms with E-state index in [-0.39, 0.29) is 28.8 Å². The fraction of sp³-hybridized carbons (Fsp3) is 0.368. The van der Waals surface area contributed by atoms with Gasteiger partial charge in [-0.2, -0.15) is 5.10 Å². The lowest BCUT2D eigenvalue weighted by Crippen LogP contribution is -2.41. The number of halogens is 1. The Labute approximate surface area is 179 Å². The predicted molar refractivity (Wildman–Crippen MR) is 117 cm³/mol. The molecule has 10 heteroatoms. The monoisotopic (exact) mass is 437 g/mol. The van der Waals surface area contributed by atoms with Crippen molar-refractivity contribution in [2.75, 3.05) is 31.1 Å². The number of oxime groups is 1. The molecule has 156 valence electrons. The van der Waals surface area contributed by atoms with Crippen LogP contribution in [0.4, 0.5) is 5.69 Å². The van der Waals surface area contributed by atoms with Crippen molar-refractivity contribution in [2.45, 2.75) is 19.1 Å². The Bertz CT molecular complexity index is 844. The molecule has 0 spiro atoms. The molecule has 8 nitrogen and oxygen atoms in total. The van der Waals surface area contributed by atoms with Crippen LogP contribution in [-0.4, -0.2) is 57.8 Å². The number of nitrogens with zero attached hydrogens (tertiary/aromatic N) is 5. The van der Waals surface area contributed by atoms with Gasteiger partial charge in [0.1, 0.15) is 19.5 Å². The van der Waals surface area contributed by atoms with E-state index in [1.807, 2.05) is 19.9 Å². The summed E-state index contributed by atoms with van der Waals surface area (Å²) in [7, 11) is 1.40. The molecule has 2 heterocycles. The van der Waals surface area contributed by atoms with Crippen LogP contribution in [0.15, 0.2) is 48.5 Å². The summed E-state index contributed by atoms with van der Waals surface area (Å²) < 4.78 is 7.06. The molecule has 0 aliphatic carbocycles. The van der Waals surface area contributed by atoms with E-state index in [0.29, 0.717) is 23.7 Å². The Balaban J connectivity index is 2.39. The standard InChI is InChI=1S/C19H24ClN5O3S/c1-5-10-29-14(3)17(23-27-4)19(26)24(13-28-6-2)16-12-25(22-18(16)20)15-8-7-9-21-11-15/h5,7-9,11-12,14H,1,6,10,13H2,2-4H3. The van der Waals surface area contributed by atoms with Gasteiger partial charge in [0, 0.05) is 18.6 Å². The lowest BCUT2D eigenvalue weighted by atomic mass is 10.2. The number of thioether (sulfide) groups is 1. The fourth-order valence-corrected chi connectivity index (χ4v) is 3.34. The molecule has 0 radical (unpaired) electrons. The maximum atomic E-state index is 13.3. The van der Waals surface area contributed by atoms with Gasteiger partial charge in [0.05, 0.1) is 23.3 Å². The van der Waals surface area contributed by atoms with E-state index in [0.717, 1.165) is 0 Å². The predicted octanol–water partition coefficient (Wildman–Crippen LogP) is 3.56. The third kappa shape index (κ3) is 6.06. The minimum atomic E-state index is -0.378. The van der Waals surface area contributed by atoms with Gasteiger partial charge >= 0.3 is 0 Å². The fourth-order valence-electron chi connectivity index (χ4n) is 2.38. The van der Waals surface area contributed by atoms with Gasteiger partial charge in [-0.3, -0.25) is 14.7 Å². The summed E-state index contributed by atoms with van der Waals surface area (Å²) in [4.78, 5) is 23.7. The average Bonchev–Trinajstić information content (AvgIpc) is 3.12. The highest BCUT2D eigenvalue weighted by Gasteiger charge is 2.29. The zero-order chi connectivity index (χ0) is 21.2. The zero-order valence-corrected chi connectivity index (χ0v) is 18.2. The van der Waals surface area contributed by atoms with E-state index < -0.39 is 0 Å². The molecule has 1 amide bonds. The highest BCUT2D eigenvalue weighted by atomic mass is 35.5. The van der Waals surface area contributed by atoms with E-state index in [9.17, 15) is 4.79 Å². The lowest BCUT2D eigenvalue weighted by molar-refractivity contribution is -0.113. The number of aromatic nitrogens is 3. The number of carbonyl (C=O) groups is 1. The molecule has 0 aliphatic heterocycles. The normalized spacial score (nSPS) is 12.5. The van der Waals surface area contributed by atoms with Crippen LogP contribution in [0.3, 0.4) is 0 Å². The molecular formula is C19H24ClN5O3S. The highest BCUT2D eigenvalue weighted by Crippen LogP contribution is 2.27. The molecule has 29 heavy (non-hydrogen) atoms. The van der Waals surface area contributed by atoms with E-state index >= 15 is 0 Å². The quantitative estimate of drug-likeness (QED) is 0.231. The van der Waals surface area contributed by atoms with Crippen LogP contribution in [0.1, 0.15) is 13.8 Å². The van der Waals surface area contributed by atoms with E-state index in [1.165, 1.54) is 23.8 Å². The van der Waals surface area contributed by atoms with Crippen molar-refractivity contribution in [1.82, 2.24) is 14.8 Å². The molecule has 2 aromatic heterocycles. The Morgan fingerprint density at radius 3 is 2.97 bits per heavy atom. The summed E-state index contributed by atoms with van der Waals surface area (Å²) in [5, 5.41) is 8.19. The van der Waals surface area contributed by atoms with Gasteiger partial charge in [-0.05, 0) is 26.0 Å². The van der Waals surface area contributed by atoms with Crippen molar-refractivity contribution >= 4 is 40.7 Å². The molecule has 2 rings (SSSR count). The van der Waals surface area contributed by atoms with E-state index in [4.69, 9.17) is 21.2 Å². The van der Waals surface area contributed by atoms with Gasteiger partial charge in [-0.25, -0.2) is 4.68 Å². The smallest absolute Gasteiger partial charge is 0.279 e. The third-order valence-corrected chi connectivity index (χ3v) is 5.20. The molecule has 0 aliphatic rings. The minimum Gasteiger partial charge on any atom is -0.399 e. The molecule has 0 aromatic carbocycles. The van der Waals surface area contributed by atoms with Crippen LogP contribution in [-0.2, 0) is 14.4 Å². The second-order valence-electron chi connectivity index (χ2n) is 5.74. The van der Waals surface area contributed by atoms with Crippen molar-refractivity contribution in [1.29, 1.82) is 0 Å². The first-order valence-electron chi connectivity index (χ1n) is 8.92. The summed E-state index contributed by atoms with van der Waals surface area (Å²) in [6.07, 6.45) is 6.73. The zero-order valence-electron chi connectivity index (χ0n) is 16.6. The van der Waals surface area contributed by atoms with Crippen molar-refractivity contribution in [3.05, 3.63) is 48.5 Å².